The van der Waals surface area contributed by atoms with Crippen LogP contribution in [0.2, 0.25) is 5.02 Å². The van der Waals surface area contributed by atoms with Crippen molar-refractivity contribution < 1.29 is 19.0 Å². The molecule has 0 radical (unpaired) electrons. The van der Waals surface area contributed by atoms with Gasteiger partial charge < -0.3 is 15.2 Å². The second-order valence-electron chi connectivity index (χ2n) is 6.06. The smallest absolute Gasteiger partial charge is 0.361 e. The summed E-state index contributed by atoms with van der Waals surface area (Å²) in [4.78, 5) is 16.3. The molecule has 0 spiro atoms. The monoisotopic (exact) mass is 376 g/mol. The molecule has 136 valence electrons. The number of carbonyl (C=O) groups excluding carboxylic acids is 1. The number of carbonyl (C=O) groups is 1. The van der Waals surface area contributed by atoms with Gasteiger partial charge in [0.1, 0.15) is 18.2 Å². The van der Waals surface area contributed by atoms with E-state index >= 15 is 0 Å². The summed E-state index contributed by atoms with van der Waals surface area (Å²) < 4.78 is 18.1. The Balaban J connectivity index is 1.48. The third-order valence-electron chi connectivity index (χ3n) is 4.01. The number of aliphatic hydroxyl groups is 1. The van der Waals surface area contributed by atoms with Crippen LogP contribution in [0.4, 0.5) is 4.39 Å². The molecule has 1 aliphatic heterocycles. The quantitative estimate of drug-likeness (QED) is 0.760. The van der Waals surface area contributed by atoms with E-state index in [2.05, 4.69) is 10.3 Å². The highest BCUT2D eigenvalue weighted by Crippen LogP contribution is 2.15. The Labute approximate surface area is 155 Å². The first-order chi connectivity index (χ1) is 12.4. The Hall–Kier alpha value is -2.44. The highest BCUT2D eigenvalue weighted by Gasteiger charge is 2.42. The molecule has 5 nitrogen and oxygen atoms in total. The first-order valence-corrected chi connectivity index (χ1v) is 8.52. The van der Waals surface area contributed by atoms with Crippen molar-refractivity contribution >= 4 is 23.4 Å². The van der Waals surface area contributed by atoms with Crippen LogP contribution < -0.4 is 5.32 Å². The molecule has 7 heteroatoms. The lowest BCUT2D eigenvalue weighted by Gasteiger charge is -2.21. The van der Waals surface area contributed by atoms with Crippen molar-refractivity contribution in [3.05, 3.63) is 70.5 Å². The van der Waals surface area contributed by atoms with Gasteiger partial charge in [0.05, 0.1) is 6.61 Å². The maximum Gasteiger partial charge on any atom is 0.361 e. The van der Waals surface area contributed by atoms with Crippen molar-refractivity contribution in [2.75, 3.05) is 13.2 Å². The van der Waals surface area contributed by atoms with Crippen LogP contribution in [0, 0.1) is 5.82 Å². The van der Waals surface area contributed by atoms with Gasteiger partial charge in [0.15, 0.2) is 0 Å². The SMILES string of the molecule is O=C(OCCc1ccc(Cl)cc1)C1(O)CN=C(Cc2ccc(F)cc2)N1. The summed E-state index contributed by atoms with van der Waals surface area (Å²) in [5.41, 5.74) is -0.0742. The number of aliphatic imine (C=N–C) groups is 1. The number of nitrogens with one attached hydrogen (secondary N) is 1. The number of hydrogen-bond acceptors (Lipinski definition) is 5. The van der Waals surface area contributed by atoms with Crippen molar-refractivity contribution in [2.24, 2.45) is 4.99 Å². The van der Waals surface area contributed by atoms with E-state index in [-0.39, 0.29) is 19.0 Å². The molecule has 0 bridgehead atoms. The minimum absolute atomic E-state index is 0.122. The van der Waals surface area contributed by atoms with E-state index in [1.807, 2.05) is 12.1 Å². The van der Waals surface area contributed by atoms with Crippen LogP contribution in [0.15, 0.2) is 53.5 Å². The second-order valence-corrected chi connectivity index (χ2v) is 6.50. The van der Waals surface area contributed by atoms with Gasteiger partial charge in [0, 0.05) is 17.9 Å². The van der Waals surface area contributed by atoms with Crippen LogP contribution >= 0.6 is 11.6 Å². The summed E-state index contributed by atoms with van der Waals surface area (Å²) >= 11 is 5.82. The summed E-state index contributed by atoms with van der Waals surface area (Å²) in [5.74, 6) is -0.645. The molecule has 2 N–H and O–H groups in total. The number of rotatable bonds is 6. The first-order valence-electron chi connectivity index (χ1n) is 8.15. The lowest BCUT2D eigenvalue weighted by Crippen LogP contribution is -2.53. The van der Waals surface area contributed by atoms with E-state index < -0.39 is 11.7 Å². The number of hydrogen-bond donors (Lipinski definition) is 2. The maximum atomic E-state index is 12.9. The molecule has 1 atom stereocenters. The Morgan fingerprint density at radius 3 is 2.54 bits per heavy atom. The standard InChI is InChI=1S/C19H18ClFN2O3/c20-15-5-1-13(2-6-15)9-10-26-18(24)19(25)12-22-17(23-19)11-14-3-7-16(21)8-4-14/h1-8,25H,9-12H2,(H,22,23). The zero-order valence-electron chi connectivity index (χ0n) is 13.9. The van der Waals surface area contributed by atoms with Gasteiger partial charge in [0.25, 0.3) is 5.72 Å². The van der Waals surface area contributed by atoms with Gasteiger partial charge in [-0.15, -0.1) is 0 Å². The van der Waals surface area contributed by atoms with Gasteiger partial charge in [-0.2, -0.15) is 0 Å². The van der Waals surface area contributed by atoms with Crippen molar-refractivity contribution in [1.82, 2.24) is 5.32 Å². The lowest BCUT2D eigenvalue weighted by atomic mass is 10.1. The first kappa shape index (κ1) is 18.4. The Morgan fingerprint density at radius 1 is 1.19 bits per heavy atom. The molecule has 0 aromatic heterocycles. The molecule has 0 saturated heterocycles. The molecule has 2 aromatic rings. The molecular weight excluding hydrogens is 359 g/mol. The van der Waals surface area contributed by atoms with Crippen molar-refractivity contribution in [1.29, 1.82) is 0 Å². The van der Waals surface area contributed by atoms with E-state index in [9.17, 15) is 14.3 Å². The fourth-order valence-corrected chi connectivity index (χ4v) is 2.70. The van der Waals surface area contributed by atoms with E-state index in [4.69, 9.17) is 16.3 Å². The number of amidine groups is 1. The number of halogens is 2. The Kier molecular flexibility index (Phi) is 5.54. The normalized spacial score (nSPS) is 19.0. The van der Waals surface area contributed by atoms with E-state index in [1.165, 1.54) is 12.1 Å². The lowest BCUT2D eigenvalue weighted by molar-refractivity contribution is -0.165. The fourth-order valence-electron chi connectivity index (χ4n) is 2.57. The van der Waals surface area contributed by atoms with Crippen molar-refractivity contribution in [2.45, 2.75) is 18.6 Å². The average Bonchev–Trinajstić information content (AvgIpc) is 3.01. The largest absolute Gasteiger partial charge is 0.462 e. The van der Waals surface area contributed by atoms with Crippen LogP contribution in [0.5, 0.6) is 0 Å². The van der Waals surface area contributed by atoms with Crippen LogP contribution in [-0.2, 0) is 22.4 Å². The molecule has 0 aliphatic carbocycles. The third-order valence-corrected chi connectivity index (χ3v) is 4.26. The highest BCUT2D eigenvalue weighted by molar-refractivity contribution is 6.30. The number of ether oxygens (including phenoxy) is 1. The number of esters is 1. The fraction of sp³-hybridized carbons (Fsp3) is 0.263. The Morgan fingerprint density at radius 2 is 1.85 bits per heavy atom. The minimum atomic E-state index is -1.87. The van der Waals surface area contributed by atoms with E-state index in [1.54, 1.807) is 24.3 Å². The summed E-state index contributed by atoms with van der Waals surface area (Å²) in [6, 6.07) is 13.2. The van der Waals surface area contributed by atoms with Gasteiger partial charge >= 0.3 is 5.97 Å². The molecule has 0 saturated carbocycles. The minimum Gasteiger partial charge on any atom is -0.462 e. The van der Waals surface area contributed by atoms with Gasteiger partial charge in [-0.1, -0.05) is 35.9 Å². The van der Waals surface area contributed by atoms with Crippen LogP contribution in [-0.4, -0.2) is 35.8 Å². The van der Waals surface area contributed by atoms with Crippen LogP contribution in [0.3, 0.4) is 0 Å². The van der Waals surface area contributed by atoms with Gasteiger partial charge in [-0.05, 0) is 35.4 Å². The predicted molar refractivity (Wildman–Crippen MR) is 96.6 cm³/mol. The van der Waals surface area contributed by atoms with Crippen molar-refractivity contribution in [3.8, 4) is 0 Å². The molecule has 1 aliphatic rings. The summed E-state index contributed by atoms with van der Waals surface area (Å²) in [6.07, 6.45) is 0.878. The van der Waals surface area contributed by atoms with Crippen LogP contribution in [0.1, 0.15) is 11.1 Å². The number of benzene rings is 2. The molecular formula is C19H18ClFN2O3. The second kappa shape index (κ2) is 7.85. The van der Waals surface area contributed by atoms with Crippen LogP contribution in [0.25, 0.3) is 0 Å². The average molecular weight is 377 g/mol. The maximum absolute atomic E-state index is 12.9. The molecule has 3 rings (SSSR count). The molecule has 1 unspecified atom stereocenters. The number of nitrogens with zero attached hydrogens (tertiary/aromatic N) is 1. The Bertz CT molecular complexity index is 809. The van der Waals surface area contributed by atoms with Gasteiger partial charge in [0.2, 0.25) is 0 Å². The highest BCUT2D eigenvalue weighted by atomic mass is 35.5. The molecule has 1 heterocycles. The summed E-state index contributed by atoms with van der Waals surface area (Å²) in [7, 11) is 0. The predicted octanol–water partition coefficient (Wildman–Crippen LogP) is 2.50. The van der Waals surface area contributed by atoms with Gasteiger partial charge in [-0.3, -0.25) is 4.99 Å². The molecule has 26 heavy (non-hydrogen) atoms. The third kappa shape index (κ3) is 4.59. The summed E-state index contributed by atoms with van der Waals surface area (Å²) in [6.45, 7) is 0.0149. The zero-order valence-corrected chi connectivity index (χ0v) is 14.7. The molecule has 0 fully saturated rings. The van der Waals surface area contributed by atoms with E-state index in [0.29, 0.717) is 23.7 Å². The zero-order chi connectivity index (χ0) is 18.6. The summed E-state index contributed by atoms with van der Waals surface area (Å²) in [5, 5.41) is 13.8. The molecule has 0 amide bonds. The van der Waals surface area contributed by atoms with E-state index in [0.717, 1.165) is 11.1 Å². The topological polar surface area (TPSA) is 70.9 Å². The van der Waals surface area contributed by atoms with Crippen molar-refractivity contribution in [3.63, 3.8) is 0 Å². The molecule has 2 aromatic carbocycles. The van der Waals surface area contributed by atoms with Gasteiger partial charge in [-0.25, -0.2) is 9.18 Å².